The number of benzene rings is 2. The van der Waals surface area contributed by atoms with Crippen LogP contribution in [0.5, 0.6) is 11.5 Å². The van der Waals surface area contributed by atoms with E-state index in [0.717, 1.165) is 36.3 Å². The highest BCUT2D eigenvalue weighted by atomic mass is 16.6. The summed E-state index contributed by atoms with van der Waals surface area (Å²) in [5.41, 5.74) is 3.51. The number of hydrogen-bond acceptors (Lipinski definition) is 6. The Hall–Kier alpha value is -3.54. The summed E-state index contributed by atoms with van der Waals surface area (Å²) in [5, 5.41) is 3.32. The van der Waals surface area contributed by atoms with Gasteiger partial charge in [-0.05, 0) is 44.4 Å². The third kappa shape index (κ3) is 5.16. The zero-order valence-electron chi connectivity index (χ0n) is 19.8. The number of hydrogen-bond donors (Lipinski definition) is 1. The lowest BCUT2D eigenvalue weighted by molar-refractivity contribution is -0.140. The summed E-state index contributed by atoms with van der Waals surface area (Å²) in [7, 11) is 0. The highest BCUT2D eigenvalue weighted by molar-refractivity contribution is 6.04. The molecule has 2 aliphatic rings. The largest absolute Gasteiger partial charge is 0.493 e. The van der Waals surface area contributed by atoms with E-state index in [-0.39, 0.29) is 19.0 Å². The molecule has 0 radical (unpaired) electrons. The molecule has 178 valence electrons. The number of esters is 1. The average molecular weight is 462 g/mol. The van der Waals surface area contributed by atoms with Gasteiger partial charge in [0, 0.05) is 29.0 Å². The molecule has 1 N–H and O–H groups in total. The number of carbonyl (C=O) groups excluding carboxylic acids is 2. The van der Waals surface area contributed by atoms with Crippen LogP contribution in [0.25, 0.3) is 0 Å². The Morgan fingerprint density at radius 1 is 0.971 bits per heavy atom. The van der Waals surface area contributed by atoms with Crippen LogP contribution < -0.4 is 14.8 Å². The van der Waals surface area contributed by atoms with Gasteiger partial charge in [0.05, 0.1) is 18.1 Å². The second-order valence-electron chi connectivity index (χ2n) is 8.45. The van der Waals surface area contributed by atoms with Gasteiger partial charge in [0.1, 0.15) is 24.7 Å². The molecule has 0 amide bonds. The number of rotatable bonds is 9. The number of carbonyl (C=O) groups is 2. The van der Waals surface area contributed by atoms with Gasteiger partial charge in [-0.15, -0.1) is 0 Å². The van der Waals surface area contributed by atoms with Gasteiger partial charge in [-0.3, -0.25) is 4.79 Å². The summed E-state index contributed by atoms with van der Waals surface area (Å²) in [6.07, 6.45) is 2.91. The minimum absolute atomic E-state index is 0.0641. The molecule has 1 heterocycles. The van der Waals surface area contributed by atoms with Crippen molar-refractivity contribution in [3.05, 3.63) is 82.7 Å². The summed E-state index contributed by atoms with van der Waals surface area (Å²) < 4.78 is 17.3. The number of para-hydroxylation sites is 2. The van der Waals surface area contributed by atoms with Crippen LogP contribution in [0.1, 0.15) is 51.0 Å². The van der Waals surface area contributed by atoms with Crippen molar-refractivity contribution in [1.82, 2.24) is 5.32 Å². The van der Waals surface area contributed by atoms with Crippen LogP contribution in [-0.4, -0.2) is 31.6 Å². The lowest BCUT2D eigenvalue weighted by Crippen LogP contribution is -2.34. The first-order valence-corrected chi connectivity index (χ1v) is 11.9. The van der Waals surface area contributed by atoms with E-state index in [2.05, 4.69) is 5.32 Å². The summed E-state index contributed by atoms with van der Waals surface area (Å²) in [5.74, 6) is 0.485. The summed E-state index contributed by atoms with van der Waals surface area (Å²) >= 11 is 0. The molecule has 6 heteroatoms. The summed E-state index contributed by atoms with van der Waals surface area (Å²) in [4.78, 5) is 26.5. The Morgan fingerprint density at radius 2 is 1.74 bits per heavy atom. The van der Waals surface area contributed by atoms with Crippen LogP contribution >= 0.6 is 0 Å². The molecule has 0 saturated heterocycles. The van der Waals surface area contributed by atoms with Crippen LogP contribution in [0, 0.1) is 0 Å². The van der Waals surface area contributed by atoms with E-state index < -0.39 is 11.9 Å². The van der Waals surface area contributed by atoms with Gasteiger partial charge in [-0.1, -0.05) is 43.3 Å². The predicted molar refractivity (Wildman–Crippen MR) is 130 cm³/mol. The Morgan fingerprint density at radius 3 is 2.53 bits per heavy atom. The zero-order valence-corrected chi connectivity index (χ0v) is 19.8. The third-order valence-electron chi connectivity index (χ3n) is 6.02. The van der Waals surface area contributed by atoms with Crippen molar-refractivity contribution >= 4 is 11.8 Å². The van der Waals surface area contributed by atoms with Crippen LogP contribution in [0.15, 0.2) is 77.1 Å². The molecule has 34 heavy (non-hydrogen) atoms. The van der Waals surface area contributed by atoms with Crippen LogP contribution in [0.4, 0.5) is 0 Å². The van der Waals surface area contributed by atoms with Gasteiger partial charge in [0.15, 0.2) is 5.78 Å². The van der Waals surface area contributed by atoms with Crippen molar-refractivity contribution in [3.63, 3.8) is 0 Å². The topological polar surface area (TPSA) is 73.9 Å². The molecule has 1 aliphatic carbocycles. The molecular weight excluding hydrogens is 430 g/mol. The molecule has 0 fully saturated rings. The van der Waals surface area contributed by atoms with Crippen molar-refractivity contribution < 1.29 is 23.8 Å². The van der Waals surface area contributed by atoms with E-state index in [9.17, 15) is 9.59 Å². The fraction of sp³-hybridized carbons (Fsp3) is 0.357. The van der Waals surface area contributed by atoms with Gasteiger partial charge in [-0.25, -0.2) is 4.79 Å². The second-order valence-corrected chi connectivity index (χ2v) is 8.45. The molecule has 2 aromatic rings. The zero-order chi connectivity index (χ0) is 23.9. The molecular formula is C28H31NO5. The smallest absolute Gasteiger partial charge is 0.336 e. The Labute approximate surface area is 200 Å². The first-order chi connectivity index (χ1) is 16.6. The van der Waals surface area contributed by atoms with Crippen molar-refractivity contribution in [2.45, 2.75) is 45.4 Å². The van der Waals surface area contributed by atoms with Crippen molar-refractivity contribution in [1.29, 1.82) is 0 Å². The molecule has 4 rings (SSSR count). The minimum Gasteiger partial charge on any atom is -0.493 e. The second kappa shape index (κ2) is 11.1. The van der Waals surface area contributed by atoms with E-state index in [0.29, 0.717) is 35.6 Å². The molecule has 0 bridgehead atoms. The first-order valence-electron chi connectivity index (χ1n) is 11.9. The fourth-order valence-corrected chi connectivity index (χ4v) is 4.52. The van der Waals surface area contributed by atoms with Crippen molar-refractivity contribution in [2.24, 2.45) is 0 Å². The van der Waals surface area contributed by atoms with E-state index in [1.54, 1.807) is 0 Å². The standard InChI is InChI=1S/C28H31NO5/c1-3-16-33-24-15-8-7-12-21(24)26-25(19(2)29-22-13-9-14-23(30)27(22)26)28(31)34-18-17-32-20-10-5-4-6-11-20/h4-8,10-12,15,26,29H,3,9,13-14,16-18H2,1-2H3/t26-/m1/s1. The minimum atomic E-state index is -0.528. The normalized spacial score (nSPS) is 17.7. The number of Topliss-reactive ketones (excluding diaryl/α,β-unsaturated/α-hetero) is 1. The number of ether oxygens (including phenoxy) is 3. The van der Waals surface area contributed by atoms with Crippen molar-refractivity contribution in [2.75, 3.05) is 19.8 Å². The summed E-state index contributed by atoms with van der Waals surface area (Å²) in [6.45, 7) is 4.81. The molecule has 0 aromatic heterocycles. The van der Waals surface area contributed by atoms with Gasteiger partial charge < -0.3 is 19.5 Å². The SMILES string of the molecule is CCCOc1ccccc1[C@@H]1C(C(=O)OCCOc2ccccc2)=C(C)NC2=C1C(=O)CCC2. The molecule has 0 unspecified atom stereocenters. The highest BCUT2D eigenvalue weighted by Crippen LogP contribution is 2.45. The molecule has 0 saturated carbocycles. The van der Waals surface area contributed by atoms with Crippen LogP contribution in [0.3, 0.4) is 0 Å². The number of nitrogens with one attached hydrogen (secondary N) is 1. The average Bonchev–Trinajstić information content (AvgIpc) is 2.85. The van der Waals surface area contributed by atoms with E-state index in [4.69, 9.17) is 14.2 Å². The van der Waals surface area contributed by atoms with Crippen LogP contribution in [-0.2, 0) is 14.3 Å². The lowest BCUT2D eigenvalue weighted by atomic mass is 9.75. The highest BCUT2D eigenvalue weighted by Gasteiger charge is 2.40. The first kappa shape index (κ1) is 23.6. The number of dihydropyridines is 1. The maximum atomic E-state index is 13.4. The van der Waals surface area contributed by atoms with Gasteiger partial charge in [0.25, 0.3) is 0 Å². The summed E-state index contributed by atoms with van der Waals surface area (Å²) in [6, 6.07) is 17.0. The van der Waals surface area contributed by atoms with E-state index in [1.807, 2.05) is 68.4 Å². The Kier molecular flexibility index (Phi) is 7.68. The molecule has 0 spiro atoms. The molecule has 2 aromatic carbocycles. The fourth-order valence-electron chi connectivity index (χ4n) is 4.52. The van der Waals surface area contributed by atoms with Gasteiger partial charge in [-0.2, -0.15) is 0 Å². The van der Waals surface area contributed by atoms with Gasteiger partial charge in [0.2, 0.25) is 0 Å². The van der Waals surface area contributed by atoms with Crippen LogP contribution in [0.2, 0.25) is 0 Å². The quantitative estimate of drug-likeness (QED) is 0.415. The Bertz CT molecular complexity index is 1100. The maximum Gasteiger partial charge on any atom is 0.336 e. The molecule has 6 nitrogen and oxygen atoms in total. The lowest BCUT2D eigenvalue weighted by Gasteiger charge is -2.34. The predicted octanol–water partition coefficient (Wildman–Crippen LogP) is 5.07. The molecule has 1 atom stereocenters. The maximum absolute atomic E-state index is 13.4. The van der Waals surface area contributed by atoms with E-state index >= 15 is 0 Å². The van der Waals surface area contributed by atoms with E-state index in [1.165, 1.54) is 0 Å². The monoisotopic (exact) mass is 461 g/mol. The number of allylic oxidation sites excluding steroid dienone is 3. The Balaban J connectivity index is 1.61. The third-order valence-corrected chi connectivity index (χ3v) is 6.02. The number of ketones is 1. The van der Waals surface area contributed by atoms with Crippen molar-refractivity contribution in [3.8, 4) is 11.5 Å². The molecule has 1 aliphatic heterocycles. The van der Waals surface area contributed by atoms with Gasteiger partial charge >= 0.3 is 5.97 Å².